The fraction of sp³-hybridized carbons (Fsp3) is 0.462. The van der Waals surface area contributed by atoms with E-state index in [0.29, 0.717) is 5.69 Å². The van der Waals surface area contributed by atoms with Gasteiger partial charge in [-0.1, -0.05) is 0 Å². The molecule has 0 unspecified atom stereocenters. The van der Waals surface area contributed by atoms with Crippen LogP contribution in [0.25, 0.3) is 0 Å². The van der Waals surface area contributed by atoms with E-state index in [4.69, 9.17) is 5.73 Å². The number of amides is 1. The van der Waals surface area contributed by atoms with Gasteiger partial charge >= 0.3 is 5.97 Å². The Kier molecular flexibility index (Phi) is 5.31. The van der Waals surface area contributed by atoms with E-state index in [9.17, 15) is 14.4 Å². The molecule has 0 radical (unpaired) electrons. The van der Waals surface area contributed by atoms with Crippen LogP contribution in [0.15, 0.2) is 23.1 Å². The number of rotatable bonds is 5. The highest BCUT2D eigenvalue weighted by Crippen LogP contribution is 2.03. The molecule has 7 nitrogen and oxygen atoms in total. The Morgan fingerprint density at radius 2 is 2.05 bits per heavy atom. The van der Waals surface area contributed by atoms with Crippen molar-refractivity contribution in [2.24, 2.45) is 0 Å². The number of hydrogen-bond acceptors (Lipinski definition) is 5. The molecule has 2 N–H and O–H groups in total. The molecule has 0 atom stereocenters. The van der Waals surface area contributed by atoms with Gasteiger partial charge in [0.15, 0.2) is 0 Å². The van der Waals surface area contributed by atoms with Gasteiger partial charge in [-0.15, -0.1) is 0 Å². The summed E-state index contributed by atoms with van der Waals surface area (Å²) in [5, 5.41) is 0. The van der Waals surface area contributed by atoms with E-state index >= 15 is 0 Å². The topological polar surface area (TPSA) is 94.6 Å². The Hall–Kier alpha value is -2.31. The minimum atomic E-state index is -0.507. The SMILES string of the molecule is COC(=O)CN(C(=O)Cn1cc(N)ccc1=O)C(C)C. The van der Waals surface area contributed by atoms with Crippen LogP contribution in [-0.4, -0.2) is 41.0 Å². The molecule has 0 aromatic carbocycles. The van der Waals surface area contributed by atoms with Gasteiger partial charge in [0, 0.05) is 24.0 Å². The lowest BCUT2D eigenvalue weighted by atomic mass is 10.3. The average molecular weight is 281 g/mol. The largest absolute Gasteiger partial charge is 0.468 e. The van der Waals surface area contributed by atoms with Crippen molar-refractivity contribution in [2.75, 3.05) is 19.4 Å². The van der Waals surface area contributed by atoms with Crippen LogP contribution in [0.2, 0.25) is 0 Å². The lowest BCUT2D eigenvalue weighted by molar-refractivity contribution is -0.148. The van der Waals surface area contributed by atoms with E-state index in [1.165, 1.54) is 34.9 Å². The summed E-state index contributed by atoms with van der Waals surface area (Å²) in [6, 6.07) is 2.58. The summed E-state index contributed by atoms with van der Waals surface area (Å²) < 4.78 is 5.77. The maximum Gasteiger partial charge on any atom is 0.325 e. The van der Waals surface area contributed by atoms with Gasteiger partial charge in [0.05, 0.1) is 7.11 Å². The summed E-state index contributed by atoms with van der Waals surface area (Å²) >= 11 is 0. The smallest absolute Gasteiger partial charge is 0.325 e. The molecule has 0 saturated heterocycles. The molecule has 0 aliphatic carbocycles. The first-order chi connectivity index (χ1) is 9.35. The molecule has 1 aromatic heterocycles. The van der Waals surface area contributed by atoms with Crippen molar-refractivity contribution in [3.8, 4) is 0 Å². The number of carbonyl (C=O) groups excluding carboxylic acids is 2. The van der Waals surface area contributed by atoms with Crippen LogP contribution in [0.1, 0.15) is 13.8 Å². The molecule has 0 spiro atoms. The number of carbonyl (C=O) groups is 2. The normalized spacial score (nSPS) is 10.4. The van der Waals surface area contributed by atoms with E-state index in [-0.39, 0.29) is 30.6 Å². The second kappa shape index (κ2) is 6.74. The number of pyridine rings is 1. The highest BCUT2D eigenvalue weighted by molar-refractivity contribution is 5.82. The van der Waals surface area contributed by atoms with Crippen molar-refractivity contribution in [3.63, 3.8) is 0 Å². The van der Waals surface area contributed by atoms with Crippen LogP contribution in [0.5, 0.6) is 0 Å². The van der Waals surface area contributed by atoms with Gasteiger partial charge < -0.3 is 19.9 Å². The zero-order valence-electron chi connectivity index (χ0n) is 11.8. The molecule has 1 amide bonds. The first-order valence-corrected chi connectivity index (χ1v) is 6.17. The monoisotopic (exact) mass is 281 g/mol. The molecular weight excluding hydrogens is 262 g/mol. The standard InChI is InChI=1S/C13H19N3O4/c1-9(2)16(8-13(19)20-3)12(18)7-15-6-10(14)4-5-11(15)17/h4-6,9H,7-8,14H2,1-3H3. The third-order valence-corrected chi connectivity index (χ3v) is 2.78. The maximum atomic E-state index is 12.2. The third kappa shape index (κ3) is 4.11. The molecule has 0 aliphatic rings. The fourth-order valence-electron chi connectivity index (χ4n) is 1.67. The van der Waals surface area contributed by atoms with Gasteiger partial charge in [-0.2, -0.15) is 0 Å². The van der Waals surface area contributed by atoms with Crippen LogP contribution in [0.3, 0.4) is 0 Å². The fourth-order valence-corrected chi connectivity index (χ4v) is 1.67. The Labute approximate surface area is 116 Å². The Morgan fingerprint density at radius 3 is 2.60 bits per heavy atom. The Morgan fingerprint density at radius 1 is 1.40 bits per heavy atom. The molecule has 1 aromatic rings. The lowest BCUT2D eigenvalue weighted by Crippen LogP contribution is -2.43. The predicted octanol–water partition coefficient (Wildman–Crippen LogP) is -0.159. The van der Waals surface area contributed by atoms with Crippen molar-refractivity contribution in [1.29, 1.82) is 0 Å². The molecule has 1 heterocycles. The highest BCUT2D eigenvalue weighted by atomic mass is 16.5. The molecule has 0 bridgehead atoms. The summed E-state index contributed by atoms with van der Waals surface area (Å²) in [7, 11) is 1.26. The molecule has 1 rings (SSSR count). The Balaban J connectivity index is 2.88. The Bertz CT molecular complexity index is 551. The van der Waals surface area contributed by atoms with Gasteiger partial charge in [-0.05, 0) is 19.9 Å². The number of nitrogens with zero attached hydrogens (tertiary/aromatic N) is 2. The van der Waals surface area contributed by atoms with Crippen molar-refractivity contribution in [2.45, 2.75) is 26.4 Å². The van der Waals surface area contributed by atoms with Crippen LogP contribution in [0.4, 0.5) is 5.69 Å². The zero-order valence-corrected chi connectivity index (χ0v) is 11.8. The molecule has 0 aliphatic heterocycles. The summed E-state index contributed by atoms with van der Waals surface area (Å²) in [5.41, 5.74) is 5.65. The van der Waals surface area contributed by atoms with Crippen LogP contribution in [0, 0.1) is 0 Å². The summed E-state index contributed by atoms with van der Waals surface area (Å²) in [6.07, 6.45) is 1.40. The first-order valence-electron chi connectivity index (χ1n) is 6.17. The van der Waals surface area contributed by atoms with E-state index in [1.54, 1.807) is 13.8 Å². The van der Waals surface area contributed by atoms with Crippen LogP contribution in [-0.2, 0) is 20.9 Å². The number of hydrogen-bond donors (Lipinski definition) is 1. The van der Waals surface area contributed by atoms with Crippen molar-refractivity contribution >= 4 is 17.6 Å². The molecule has 20 heavy (non-hydrogen) atoms. The second-order valence-electron chi connectivity index (χ2n) is 4.62. The van der Waals surface area contributed by atoms with Gasteiger partial charge in [-0.25, -0.2) is 0 Å². The molecule has 7 heteroatoms. The number of aromatic nitrogens is 1. The molecule has 0 saturated carbocycles. The minimum absolute atomic E-state index is 0.149. The molecular formula is C13H19N3O4. The lowest BCUT2D eigenvalue weighted by Gasteiger charge is -2.25. The number of methoxy groups -OCH3 is 1. The van der Waals surface area contributed by atoms with Gasteiger partial charge in [0.2, 0.25) is 5.91 Å². The summed E-state index contributed by atoms with van der Waals surface area (Å²) in [4.78, 5) is 36.5. The van der Waals surface area contributed by atoms with E-state index in [2.05, 4.69) is 4.74 Å². The number of esters is 1. The summed E-state index contributed by atoms with van der Waals surface area (Å²) in [5.74, 6) is -0.856. The highest BCUT2D eigenvalue weighted by Gasteiger charge is 2.21. The van der Waals surface area contributed by atoms with Crippen LogP contribution < -0.4 is 11.3 Å². The molecule has 0 fully saturated rings. The van der Waals surface area contributed by atoms with Crippen molar-refractivity contribution in [1.82, 2.24) is 9.47 Å². The van der Waals surface area contributed by atoms with Gasteiger partial charge in [0.1, 0.15) is 13.1 Å². The van der Waals surface area contributed by atoms with Crippen molar-refractivity contribution < 1.29 is 14.3 Å². The predicted molar refractivity (Wildman–Crippen MR) is 74.0 cm³/mol. The summed E-state index contributed by atoms with van der Waals surface area (Å²) in [6.45, 7) is 3.25. The third-order valence-electron chi connectivity index (χ3n) is 2.78. The van der Waals surface area contributed by atoms with E-state index < -0.39 is 5.97 Å². The van der Waals surface area contributed by atoms with E-state index in [0.717, 1.165) is 0 Å². The van der Waals surface area contributed by atoms with E-state index in [1.807, 2.05) is 0 Å². The number of anilines is 1. The molecule has 110 valence electrons. The van der Waals surface area contributed by atoms with Crippen molar-refractivity contribution in [3.05, 3.63) is 28.7 Å². The van der Waals surface area contributed by atoms with Crippen LogP contribution >= 0.6 is 0 Å². The minimum Gasteiger partial charge on any atom is -0.468 e. The first kappa shape index (κ1) is 15.7. The number of nitrogen functional groups attached to an aromatic ring is 1. The van der Waals surface area contributed by atoms with Gasteiger partial charge in [0.25, 0.3) is 5.56 Å². The quantitative estimate of drug-likeness (QED) is 0.757. The zero-order chi connectivity index (χ0) is 15.3. The number of nitrogens with two attached hydrogens (primary N) is 1. The second-order valence-corrected chi connectivity index (χ2v) is 4.62. The average Bonchev–Trinajstić information content (AvgIpc) is 2.39. The van der Waals surface area contributed by atoms with Gasteiger partial charge in [-0.3, -0.25) is 14.4 Å². The maximum absolute atomic E-state index is 12.2. The number of ether oxygens (including phenoxy) is 1.